The maximum absolute atomic E-state index is 12.7. The minimum absolute atomic E-state index is 0.105. The first-order valence-corrected chi connectivity index (χ1v) is 7.99. The summed E-state index contributed by atoms with van der Waals surface area (Å²) in [6.07, 6.45) is 0. The fourth-order valence-electron chi connectivity index (χ4n) is 2.34. The van der Waals surface area contributed by atoms with Gasteiger partial charge in [-0.3, -0.25) is 14.4 Å². The lowest BCUT2D eigenvalue weighted by molar-refractivity contribution is -0.385. The van der Waals surface area contributed by atoms with Crippen LogP contribution in [0.5, 0.6) is 0 Å². The molecule has 6 nitrogen and oxygen atoms in total. The summed E-state index contributed by atoms with van der Waals surface area (Å²) in [5, 5.41) is 10.8. The second kappa shape index (κ2) is 5.76. The van der Waals surface area contributed by atoms with Crippen molar-refractivity contribution in [1.82, 2.24) is 0 Å². The average molecular weight is 320 g/mol. The molecule has 0 aliphatic heterocycles. The molecule has 0 aliphatic rings. The van der Waals surface area contributed by atoms with E-state index in [-0.39, 0.29) is 10.6 Å². The third-order valence-electron chi connectivity index (χ3n) is 3.44. The van der Waals surface area contributed by atoms with E-state index in [9.17, 15) is 18.5 Å². The van der Waals surface area contributed by atoms with E-state index in [2.05, 4.69) is 0 Å². The van der Waals surface area contributed by atoms with E-state index in [1.54, 1.807) is 0 Å². The zero-order valence-electron chi connectivity index (χ0n) is 12.5. The highest BCUT2D eigenvalue weighted by Gasteiger charge is 2.25. The first kappa shape index (κ1) is 16.0. The molecule has 0 fully saturated rings. The van der Waals surface area contributed by atoms with Crippen LogP contribution in [-0.4, -0.2) is 20.4 Å². The quantitative estimate of drug-likeness (QED) is 0.640. The molecule has 7 heteroatoms. The number of sulfonamides is 1. The van der Waals surface area contributed by atoms with Crippen molar-refractivity contribution >= 4 is 21.4 Å². The zero-order valence-corrected chi connectivity index (χ0v) is 13.3. The number of para-hydroxylation sites is 1. The van der Waals surface area contributed by atoms with Gasteiger partial charge in [-0.1, -0.05) is 24.3 Å². The maximum atomic E-state index is 12.7. The van der Waals surface area contributed by atoms with Crippen LogP contribution in [0.4, 0.5) is 11.4 Å². The van der Waals surface area contributed by atoms with Crippen LogP contribution in [0, 0.1) is 24.0 Å². The van der Waals surface area contributed by atoms with Gasteiger partial charge in [-0.2, -0.15) is 0 Å². The minimum Gasteiger partial charge on any atom is -0.269 e. The predicted octanol–water partition coefficient (Wildman–Crippen LogP) is 3.04. The maximum Gasteiger partial charge on any atom is 0.270 e. The third kappa shape index (κ3) is 2.80. The molecule has 0 heterocycles. The predicted molar refractivity (Wildman–Crippen MR) is 84.6 cm³/mol. The Kier molecular flexibility index (Phi) is 4.18. The van der Waals surface area contributed by atoms with Gasteiger partial charge in [0.1, 0.15) is 0 Å². The van der Waals surface area contributed by atoms with Crippen LogP contribution in [0.1, 0.15) is 11.1 Å². The Hall–Kier alpha value is -2.41. The summed E-state index contributed by atoms with van der Waals surface area (Å²) >= 11 is 0. The van der Waals surface area contributed by atoms with E-state index in [0.29, 0.717) is 5.69 Å². The summed E-state index contributed by atoms with van der Waals surface area (Å²) in [7, 11) is -2.42. The van der Waals surface area contributed by atoms with E-state index >= 15 is 0 Å². The number of benzene rings is 2. The Labute approximate surface area is 129 Å². The number of non-ortho nitro benzene ring substituents is 1. The number of aryl methyl sites for hydroxylation is 2. The smallest absolute Gasteiger partial charge is 0.269 e. The van der Waals surface area contributed by atoms with Crippen molar-refractivity contribution in [2.45, 2.75) is 18.7 Å². The molecule has 0 unspecified atom stereocenters. The minimum atomic E-state index is -3.86. The average Bonchev–Trinajstić information content (AvgIpc) is 2.47. The summed E-state index contributed by atoms with van der Waals surface area (Å²) in [5.41, 5.74) is 1.96. The number of anilines is 1. The zero-order chi connectivity index (χ0) is 16.5. The first-order chi connectivity index (χ1) is 10.2. The molecular weight excluding hydrogens is 304 g/mol. The number of hydrogen-bond donors (Lipinski definition) is 0. The van der Waals surface area contributed by atoms with Crippen molar-refractivity contribution < 1.29 is 13.3 Å². The molecule has 0 bridgehead atoms. The molecule has 2 aromatic carbocycles. The summed E-state index contributed by atoms with van der Waals surface area (Å²) in [6, 6.07) is 10.5. The summed E-state index contributed by atoms with van der Waals surface area (Å²) in [5.74, 6) is 0. The van der Waals surface area contributed by atoms with Crippen molar-refractivity contribution in [1.29, 1.82) is 0 Å². The number of hydrogen-bond acceptors (Lipinski definition) is 4. The molecule has 0 atom stereocenters. The molecule has 0 saturated heterocycles. The molecule has 22 heavy (non-hydrogen) atoms. The Morgan fingerprint density at radius 2 is 1.59 bits per heavy atom. The molecule has 0 aromatic heterocycles. The second-order valence-corrected chi connectivity index (χ2v) is 6.94. The van der Waals surface area contributed by atoms with Gasteiger partial charge in [-0.15, -0.1) is 0 Å². The van der Waals surface area contributed by atoms with Gasteiger partial charge in [-0.05, 0) is 31.0 Å². The Morgan fingerprint density at radius 3 is 2.14 bits per heavy atom. The van der Waals surface area contributed by atoms with Crippen LogP contribution in [0.2, 0.25) is 0 Å². The number of nitro benzene ring substituents is 1. The lowest BCUT2D eigenvalue weighted by Crippen LogP contribution is -2.28. The molecule has 0 spiro atoms. The normalized spacial score (nSPS) is 11.2. The second-order valence-electron chi connectivity index (χ2n) is 4.97. The van der Waals surface area contributed by atoms with Crippen LogP contribution < -0.4 is 4.31 Å². The molecule has 0 aliphatic carbocycles. The molecule has 0 N–H and O–H groups in total. The van der Waals surface area contributed by atoms with E-state index < -0.39 is 14.9 Å². The Morgan fingerprint density at radius 1 is 1.05 bits per heavy atom. The van der Waals surface area contributed by atoms with E-state index in [0.717, 1.165) is 21.5 Å². The molecule has 0 amide bonds. The van der Waals surface area contributed by atoms with Crippen LogP contribution in [0.3, 0.4) is 0 Å². The summed E-state index contributed by atoms with van der Waals surface area (Å²) < 4.78 is 26.6. The third-order valence-corrected chi connectivity index (χ3v) is 5.19. The number of nitrogens with zero attached hydrogens (tertiary/aromatic N) is 2. The fourth-order valence-corrected chi connectivity index (χ4v) is 3.70. The number of rotatable bonds is 4. The van der Waals surface area contributed by atoms with Crippen molar-refractivity contribution in [3.05, 3.63) is 63.7 Å². The number of nitro groups is 1. The van der Waals surface area contributed by atoms with Gasteiger partial charge < -0.3 is 0 Å². The molecule has 2 aromatic rings. The summed E-state index contributed by atoms with van der Waals surface area (Å²) in [4.78, 5) is 10.1. The lowest BCUT2D eigenvalue weighted by Gasteiger charge is -2.23. The lowest BCUT2D eigenvalue weighted by atomic mass is 10.1. The standard InChI is InChI=1S/C15H16N2O4S/c1-11-6-4-7-12(2)15(11)16(3)22(20,21)14-9-5-8-13(10-14)17(18)19/h4-10H,1-3H3. The van der Waals surface area contributed by atoms with Crippen molar-refractivity contribution in [3.63, 3.8) is 0 Å². The van der Waals surface area contributed by atoms with Crippen LogP contribution >= 0.6 is 0 Å². The highest BCUT2D eigenvalue weighted by Crippen LogP contribution is 2.29. The van der Waals surface area contributed by atoms with Gasteiger partial charge in [0.25, 0.3) is 15.7 Å². The van der Waals surface area contributed by atoms with Gasteiger partial charge >= 0.3 is 0 Å². The van der Waals surface area contributed by atoms with Crippen LogP contribution in [0.15, 0.2) is 47.4 Å². The largest absolute Gasteiger partial charge is 0.270 e. The van der Waals surface area contributed by atoms with Crippen molar-refractivity contribution in [2.75, 3.05) is 11.4 Å². The van der Waals surface area contributed by atoms with Crippen molar-refractivity contribution in [3.8, 4) is 0 Å². The highest BCUT2D eigenvalue weighted by atomic mass is 32.2. The fraction of sp³-hybridized carbons (Fsp3) is 0.200. The molecule has 0 saturated carbocycles. The van der Waals surface area contributed by atoms with Gasteiger partial charge in [0.15, 0.2) is 0 Å². The SMILES string of the molecule is Cc1cccc(C)c1N(C)S(=O)(=O)c1cccc([N+](=O)[O-])c1. The molecule has 2 rings (SSSR count). The van der Waals surface area contributed by atoms with Crippen molar-refractivity contribution in [2.24, 2.45) is 0 Å². The van der Waals surface area contributed by atoms with Crippen LogP contribution in [0.25, 0.3) is 0 Å². The topological polar surface area (TPSA) is 80.5 Å². The summed E-state index contributed by atoms with van der Waals surface area (Å²) in [6.45, 7) is 3.64. The van der Waals surface area contributed by atoms with E-state index in [1.807, 2.05) is 32.0 Å². The van der Waals surface area contributed by atoms with Gasteiger partial charge in [0.05, 0.1) is 15.5 Å². The van der Waals surface area contributed by atoms with Crippen LogP contribution in [-0.2, 0) is 10.0 Å². The molecular formula is C15H16N2O4S. The Bertz CT molecular complexity index is 811. The highest BCUT2D eigenvalue weighted by molar-refractivity contribution is 7.92. The molecule has 0 radical (unpaired) electrons. The Balaban J connectivity index is 2.55. The molecule has 116 valence electrons. The van der Waals surface area contributed by atoms with Gasteiger partial charge in [0, 0.05) is 19.2 Å². The first-order valence-electron chi connectivity index (χ1n) is 6.54. The van der Waals surface area contributed by atoms with E-state index in [4.69, 9.17) is 0 Å². The van der Waals surface area contributed by atoms with Gasteiger partial charge in [0.2, 0.25) is 0 Å². The van der Waals surface area contributed by atoms with Gasteiger partial charge in [-0.25, -0.2) is 8.42 Å². The monoisotopic (exact) mass is 320 g/mol. The van der Waals surface area contributed by atoms with E-state index in [1.165, 1.54) is 25.2 Å².